The maximum Gasteiger partial charge on any atom is 0.407 e. The van der Waals surface area contributed by atoms with Gasteiger partial charge in [0.2, 0.25) is 0 Å². The number of nitrogens with one attached hydrogen (secondary N) is 2. The highest BCUT2D eigenvalue weighted by atomic mass is 32.1. The molecule has 0 aliphatic carbocycles. The quantitative estimate of drug-likeness (QED) is 0.593. The number of ether oxygens (including phenoxy) is 1. The molecule has 2 N–H and O–H groups in total. The molecule has 3 rings (SSSR count). The van der Waals surface area contributed by atoms with Crippen LogP contribution in [-0.4, -0.2) is 33.9 Å². The van der Waals surface area contributed by atoms with Crippen molar-refractivity contribution in [2.75, 3.05) is 6.54 Å². The summed E-state index contributed by atoms with van der Waals surface area (Å²) in [4.78, 5) is 26.8. The number of hydrogen-bond donors (Lipinski definition) is 2. The summed E-state index contributed by atoms with van der Waals surface area (Å²) in [6, 6.07) is 13.0. The van der Waals surface area contributed by atoms with Gasteiger partial charge in [-0.1, -0.05) is 30.3 Å². The fourth-order valence-electron chi connectivity index (χ4n) is 3.15. The summed E-state index contributed by atoms with van der Waals surface area (Å²) in [5.74, 6) is -0.193. The predicted octanol–water partition coefficient (Wildman–Crippen LogP) is 4.45. The number of aromatic nitrogens is 2. The number of amides is 2. The lowest BCUT2D eigenvalue weighted by Gasteiger charge is -2.23. The Morgan fingerprint density at radius 2 is 1.90 bits per heavy atom. The van der Waals surface area contributed by atoms with Crippen molar-refractivity contribution in [2.24, 2.45) is 7.05 Å². The molecule has 1 aromatic carbocycles. The summed E-state index contributed by atoms with van der Waals surface area (Å²) in [6.07, 6.45) is 1.22. The maximum atomic E-state index is 13.1. The second kappa shape index (κ2) is 9.34. The Hall–Kier alpha value is -3.13. The lowest BCUT2D eigenvalue weighted by molar-refractivity contribution is 0.0520. The topological polar surface area (TPSA) is 85.2 Å². The largest absolute Gasteiger partial charge is 0.444 e. The van der Waals surface area contributed by atoms with Crippen LogP contribution in [0, 0.1) is 6.92 Å². The van der Waals surface area contributed by atoms with Gasteiger partial charge in [0, 0.05) is 30.2 Å². The molecule has 1 unspecified atom stereocenters. The van der Waals surface area contributed by atoms with Crippen LogP contribution in [0.4, 0.5) is 4.79 Å². The molecule has 0 saturated heterocycles. The standard InChI is InChI=1S/C23H28N4O3S/c1-15-17(19-11-12-25-27(19)5)13-20(31-15)21(28)26-18(16-9-7-6-8-10-16)14-24-22(29)30-23(2,3)4/h6-13,18H,14H2,1-5H3,(H,24,29)(H,26,28). The summed E-state index contributed by atoms with van der Waals surface area (Å²) in [7, 11) is 1.87. The first-order valence-corrected chi connectivity index (χ1v) is 10.9. The van der Waals surface area contributed by atoms with Gasteiger partial charge < -0.3 is 15.4 Å². The van der Waals surface area contributed by atoms with E-state index in [0.717, 1.165) is 21.7 Å². The van der Waals surface area contributed by atoms with Gasteiger partial charge in [-0.15, -0.1) is 11.3 Å². The van der Waals surface area contributed by atoms with Gasteiger partial charge in [-0.3, -0.25) is 9.48 Å². The van der Waals surface area contributed by atoms with Crippen LogP contribution in [0.1, 0.15) is 46.9 Å². The van der Waals surface area contributed by atoms with E-state index in [9.17, 15) is 9.59 Å². The summed E-state index contributed by atoms with van der Waals surface area (Å²) in [5.41, 5.74) is 2.25. The molecule has 7 nitrogen and oxygen atoms in total. The van der Waals surface area contributed by atoms with Gasteiger partial charge in [-0.2, -0.15) is 5.10 Å². The molecular formula is C23H28N4O3S. The number of benzene rings is 1. The van der Waals surface area contributed by atoms with Crippen molar-refractivity contribution < 1.29 is 14.3 Å². The van der Waals surface area contributed by atoms with Crippen molar-refractivity contribution in [1.82, 2.24) is 20.4 Å². The number of carbonyl (C=O) groups excluding carboxylic acids is 2. The average Bonchev–Trinajstić information content (AvgIpc) is 3.29. The van der Waals surface area contributed by atoms with Crippen molar-refractivity contribution in [3.8, 4) is 11.3 Å². The molecule has 0 aliphatic rings. The Bertz CT molecular complexity index is 1050. The Morgan fingerprint density at radius 3 is 2.52 bits per heavy atom. The lowest BCUT2D eigenvalue weighted by Crippen LogP contribution is -2.40. The Morgan fingerprint density at radius 1 is 1.19 bits per heavy atom. The van der Waals surface area contributed by atoms with Gasteiger partial charge in [0.1, 0.15) is 5.60 Å². The van der Waals surface area contributed by atoms with Crippen LogP contribution in [0.2, 0.25) is 0 Å². The Kier molecular flexibility index (Phi) is 6.80. The fourth-order valence-corrected chi connectivity index (χ4v) is 4.08. The van der Waals surface area contributed by atoms with E-state index in [0.29, 0.717) is 4.88 Å². The Balaban J connectivity index is 1.76. The summed E-state index contributed by atoms with van der Waals surface area (Å²) in [6.45, 7) is 7.62. The number of rotatable bonds is 6. The molecule has 164 valence electrons. The summed E-state index contributed by atoms with van der Waals surface area (Å²) in [5, 5.41) is 10.0. The zero-order valence-electron chi connectivity index (χ0n) is 18.4. The van der Waals surface area contributed by atoms with E-state index >= 15 is 0 Å². The first-order valence-electron chi connectivity index (χ1n) is 10.1. The second-order valence-electron chi connectivity index (χ2n) is 8.24. The van der Waals surface area contributed by atoms with Gasteiger partial charge in [-0.05, 0) is 45.4 Å². The number of hydrogen-bond acceptors (Lipinski definition) is 5. The summed E-state index contributed by atoms with van der Waals surface area (Å²) < 4.78 is 7.10. The highest BCUT2D eigenvalue weighted by Gasteiger charge is 2.22. The minimum atomic E-state index is -0.591. The zero-order valence-corrected chi connectivity index (χ0v) is 19.2. The fraction of sp³-hybridized carbons (Fsp3) is 0.348. The van der Waals surface area contributed by atoms with Crippen LogP contribution in [0.15, 0.2) is 48.7 Å². The highest BCUT2D eigenvalue weighted by Crippen LogP contribution is 2.31. The third-order valence-electron chi connectivity index (χ3n) is 4.60. The van der Waals surface area contributed by atoms with Gasteiger partial charge in [0.25, 0.3) is 5.91 Å². The molecule has 0 bridgehead atoms. The minimum Gasteiger partial charge on any atom is -0.444 e. The first-order chi connectivity index (χ1) is 14.6. The first kappa shape index (κ1) is 22.6. The van der Waals surface area contributed by atoms with Crippen LogP contribution in [0.3, 0.4) is 0 Å². The molecule has 8 heteroatoms. The van der Waals surface area contributed by atoms with E-state index in [4.69, 9.17) is 4.74 Å². The minimum absolute atomic E-state index is 0.193. The molecular weight excluding hydrogens is 412 g/mol. The third kappa shape index (κ3) is 5.95. The van der Waals surface area contributed by atoms with Crippen molar-refractivity contribution in [1.29, 1.82) is 0 Å². The molecule has 31 heavy (non-hydrogen) atoms. The number of thiophene rings is 1. The summed E-state index contributed by atoms with van der Waals surface area (Å²) >= 11 is 1.43. The molecule has 0 spiro atoms. The SMILES string of the molecule is Cc1sc(C(=O)NC(CNC(=O)OC(C)(C)C)c2ccccc2)cc1-c1ccnn1C. The van der Waals surface area contributed by atoms with E-state index in [-0.39, 0.29) is 12.5 Å². The van der Waals surface area contributed by atoms with E-state index in [1.807, 2.05) is 77.2 Å². The molecule has 2 heterocycles. The zero-order chi connectivity index (χ0) is 22.6. The smallest absolute Gasteiger partial charge is 0.407 e. The number of carbonyl (C=O) groups is 2. The Labute approximate surface area is 186 Å². The van der Waals surface area contributed by atoms with Crippen LogP contribution < -0.4 is 10.6 Å². The van der Waals surface area contributed by atoms with Crippen molar-refractivity contribution in [3.05, 3.63) is 64.0 Å². The third-order valence-corrected chi connectivity index (χ3v) is 5.64. The van der Waals surface area contributed by atoms with E-state index in [1.165, 1.54) is 11.3 Å². The van der Waals surface area contributed by atoms with Crippen LogP contribution >= 0.6 is 11.3 Å². The number of nitrogens with zero attached hydrogens (tertiary/aromatic N) is 2. The van der Waals surface area contributed by atoms with Gasteiger partial charge in [0.15, 0.2) is 0 Å². The van der Waals surface area contributed by atoms with Crippen LogP contribution in [-0.2, 0) is 11.8 Å². The highest BCUT2D eigenvalue weighted by molar-refractivity contribution is 7.14. The van der Waals surface area contributed by atoms with Gasteiger partial charge in [0.05, 0.1) is 16.6 Å². The number of alkyl carbamates (subject to hydrolysis) is 1. The predicted molar refractivity (Wildman–Crippen MR) is 122 cm³/mol. The molecule has 2 aromatic heterocycles. The second-order valence-corrected chi connectivity index (χ2v) is 9.50. The molecule has 0 saturated carbocycles. The monoisotopic (exact) mass is 440 g/mol. The molecule has 0 radical (unpaired) electrons. The average molecular weight is 441 g/mol. The molecule has 0 aliphatic heterocycles. The van der Waals surface area contributed by atoms with Crippen molar-refractivity contribution in [3.63, 3.8) is 0 Å². The normalized spacial score (nSPS) is 12.3. The maximum absolute atomic E-state index is 13.1. The van der Waals surface area contributed by atoms with Gasteiger partial charge in [-0.25, -0.2) is 4.79 Å². The number of aryl methyl sites for hydroxylation is 2. The van der Waals surface area contributed by atoms with E-state index in [1.54, 1.807) is 10.9 Å². The molecule has 2 amide bonds. The molecule has 3 aromatic rings. The van der Waals surface area contributed by atoms with E-state index in [2.05, 4.69) is 15.7 Å². The van der Waals surface area contributed by atoms with E-state index < -0.39 is 17.7 Å². The lowest BCUT2D eigenvalue weighted by atomic mass is 10.1. The molecule has 1 atom stereocenters. The molecule has 0 fully saturated rings. The van der Waals surface area contributed by atoms with Crippen LogP contribution in [0.25, 0.3) is 11.3 Å². The van der Waals surface area contributed by atoms with Crippen molar-refractivity contribution in [2.45, 2.75) is 39.3 Å². The van der Waals surface area contributed by atoms with Gasteiger partial charge >= 0.3 is 6.09 Å². The van der Waals surface area contributed by atoms with Crippen molar-refractivity contribution >= 4 is 23.3 Å². The van der Waals surface area contributed by atoms with Crippen LogP contribution in [0.5, 0.6) is 0 Å².